The van der Waals surface area contributed by atoms with E-state index in [0.717, 1.165) is 11.8 Å². The fourth-order valence-electron chi connectivity index (χ4n) is 1.76. The second-order valence-corrected chi connectivity index (χ2v) is 4.50. The van der Waals surface area contributed by atoms with Crippen molar-refractivity contribution in [2.45, 2.75) is 59.9 Å². The Labute approximate surface area is 84.3 Å². The zero-order valence-electron chi connectivity index (χ0n) is 10.1. The van der Waals surface area contributed by atoms with Crippen LogP contribution in [0, 0.1) is 11.8 Å². The molecule has 1 atom stereocenters. The Kier molecular flexibility index (Phi) is 7.35. The van der Waals surface area contributed by atoms with Crippen LogP contribution in [0.5, 0.6) is 0 Å². The Morgan fingerprint density at radius 3 is 1.92 bits per heavy atom. The second kappa shape index (κ2) is 7.37. The average molecular weight is 185 g/mol. The summed E-state index contributed by atoms with van der Waals surface area (Å²) in [7, 11) is 0. The Hall–Kier alpha value is -0.0400. The van der Waals surface area contributed by atoms with Gasteiger partial charge in [0.05, 0.1) is 0 Å². The Morgan fingerprint density at radius 2 is 1.54 bits per heavy atom. The maximum absolute atomic E-state index is 3.62. The van der Waals surface area contributed by atoms with Gasteiger partial charge in [0.25, 0.3) is 0 Å². The van der Waals surface area contributed by atoms with Crippen LogP contribution < -0.4 is 5.32 Å². The molecule has 80 valence electrons. The third kappa shape index (κ3) is 6.09. The van der Waals surface area contributed by atoms with Gasteiger partial charge in [0.2, 0.25) is 0 Å². The summed E-state index contributed by atoms with van der Waals surface area (Å²) in [5, 5.41) is 3.62. The molecule has 0 spiro atoms. The molecule has 0 fully saturated rings. The van der Waals surface area contributed by atoms with E-state index in [1.807, 2.05) is 0 Å². The SMILES string of the molecule is CCC(CC)C(C)NCCC(C)C. The van der Waals surface area contributed by atoms with Gasteiger partial charge < -0.3 is 5.32 Å². The highest BCUT2D eigenvalue weighted by Gasteiger charge is 2.11. The van der Waals surface area contributed by atoms with E-state index in [1.165, 1.54) is 25.8 Å². The third-order valence-electron chi connectivity index (χ3n) is 2.94. The molecule has 0 aromatic carbocycles. The lowest BCUT2D eigenvalue weighted by Gasteiger charge is -2.22. The minimum Gasteiger partial charge on any atom is -0.314 e. The first-order valence-corrected chi connectivity index (χ1v) is 5.85. The van der Waals surface area contributed by atoms with E-state index in [2.05, 4.69) is 39.9 Å². The molecule has 0 aromatic rings. The number of rotatable bonds is 7. The van der Waals surface area contributed by atoms with Crippen LogP contribution in [0.25, 0.3) is 0 Å². The topological polar surface area (TPSA) is 12.0 Å². The summed E-state index contributed by atoms with van der Waals surface area (Å²) in [6.07, 6.45) is 3.89. The minimum absolute atomic E-state index is 0.689. The molecule has 0 rings (SSSR count). The maximum Gasteiger partial charge on any atom is 0.00667 e. The molecule has 0 aromatic heterocycles. The van der Waals surface area contributed by atoms with Gasteiger partial charge in [0.1, 0.15) is 0 Å². The van der Waals surface area contributed by atoms with Crippen LogP contribution in [0.15, 0.2) is 0 Å². The highest BCUT2D eigenvalue weighted by atomic mass is 14.9. The first-order valence-electron chi connectivity index (χ1n) is 5.85. The molecule has 0 radical (unpaired) electrons. The van der Waals surface area contributed by atoms with E-state index in [4.69, 9.17) is 0 Å². The molecule has 0 heterocycles. The Balaban J connectivity index is 3.53. The normalized spacial score (nSPS) is 14.1. The first kappa shape index (κ1) is 13.0. The fraction of sp³-hybridized carbons (Fsp3) is 1.00. The molecule has 0 saturated heterocycles. The monoisotopic (exact) mass is 185 g/mol. The zero-order chi connectivity index (χ0) is 10.3. The van der Waals surface area contributed by atoms with Crippen LogP contribution in [-0.4, -0.2) is 12.6 Å². The Bertz CT molecular complexity index is 106. The summed E-state index contributed by atoms with van der Waals surface area (Å²) < 4.78 is 0. The number of nitrogens with one attached hydrogen (secondary N) is 1. The van der Waals surface area contributed by atoms with E-state index >= 15 is 0 Å². The zero-order valence-corrected chi connectivity index (χ0v) is 10.1. The molecule has 0 aliphatic rings. The van der Waals surface area contributed by atoms with Gasteiger partial charge in [-0.1, -0.05) is 40.5 Å². The largest absolute Gasteiger partial charge is 0.314 e. The van der Waals surface area contributed by atoms with E-state index < -0.39 is 0 Å². The van der Waals surface area contributed by atoms with E-state index in [0.29, 0.717) is 6.04 Å². The van der Waals surface area contributed by atoms with Crippen molar-refractivity contribution < 1.29 is 0 Å². The summed E-state index contributed by atoms with van der Waals surface area (Å²) in [5.74, 6) is 1.67. The highest BCUT2D eigenvalue weighted by molar-refractivity contribution is 4.69. The number of hydrogen-bond acceptors (Lipinski definition) is 1. The van der Waals surface area contributed by atoms with Gasteiger partial charge >= 0.3 is 0 Å². The molecule has 0 aliphatic heterocycles. The fourth-order valence-corrected chi connectivity index (χ4v) is 1.76. The van der Waals surface area contributed by atoms with Gasteiger partial charge in [-0.05, 0) is 31.7 Å². The molecule has 0 saturated carbocycles. The van der Waals surface area contributed by atoms with Crippen LogP contribution in [0.2, 0.25) is 0 Å². The maximum atomic E-state index is 3.62. The minimum atomic E-state index is 0.689. The molecule has 1 heteroatoms. The van der Waals surface area contributed by atoms with Crippen molar-refractivity contribution in [2.75, 3.05) is 6.54 Å². The standard InChI is InChI=1S/C12H27N/c1-6-12(7-2)11(5)13-9-8-10(3)4/h10-13H,6-9H2,1-5H3. The van der Waals surface area contributed by atoms with Crippen LogP contribution in [0.3, 0.4) is 0 Å². The quantitative estimate of drug-likeness (QED) is 0.640. The molecule has 0 bridgehead atoms. The van der Waals surface area contributed by atoms with Crippen molar-refractivity contribution in [1.82, 2.24) is 5.32 Å². The van der Waals surface area contributed by atoms with Gasteiger partial charge in [0, 0.05) is 6.04 Å². The first-order chi connectivity index (χ1) is 6.11. The molecule has 0 amide bonds. The van der Waals surface area contributed by atoms with Crippen molar-refractivity contribution in [2.24, 2.45) is 11.8 Å². The van der Waals surface area contributed by atoms with Crippen molar-refractivity contribution in [3.63, 3.8) is 0 Å². The predicted octanol–water partition coefficient (Wildman–Crippen LogP) is 3.45. The lowest BCUT2D eigenvalue weighted by molar-refractivity contribution is 0.346. The molecule has 13 heavy (non-hydrogen) atoms. The van der Waals surface area contributed by atoms with Crippen LogP contribution in [0.1, 0.15) is 53.9 Å². The van der Waals surface area contributed by atoms with Gasteiger partial charge in [-0.2, -0.15) is 0 Å². The lowest BCUT2D eigenvalue weighted by Crippen LogP contribution is -2.34. The summed E-state index contributed by atoms with van der Waals surface area (Å²) in [6, 6.07) is 0.689. The van der Waals surface area contributed by atoms with Crippen molar-refractivity contribution in [3.8, 4) is 0 Å². The second-order valence-electron chi connectivity index (χ2n) is 4.50. The summed E-state index contributed by atoms with van der Waals surface area (Å²) in [5.41, 5.74) is 0. The van der Waals surface area contributed by atoms with Crippen LogP contribution in [0.4, 0.5) is 0 Å². The summed E-state index contributed by atoms with van der Waals surface area (Å²) >= 11 is 0. The van der Waals surface area contributed by atoms with Crippen LogP contribution >= 0.6 is 0 Å². The number of hydrogen-bond donors (Lipinski definition) is 1. The van der Waals surface area contributed by atoms with E-state index in [1.54, 1.807) is 0 Å². The highest BCUT2D eigenvalue weighted by Crippen LogP contribution is 2.12. The smallest absolute Gasteiger partial charge is 0.00667 e. The van der Waals surface area contributed by atoms with Crippen LogP contribution in [-0.2, 0) is 0 Å². The molecule has 1 unspecified atom stereocenters. The Morgan fingerprint density at radius 1 is 1.00 bits per heavy atom. The average Bonchev–Trinajstić information content (AvgIpc) is 2.05. The van der Waals surface area contributed by atoms with Gasteiger partial charge in [-0.15, -0.1) is 0 Å². The van der Waals surface area contributed by atoms with Crippen molar-refractivity contribution in [1.29, 1.82) is 0 Å². The lowest BCUT2D eigenvalue weighted by atomic mass is 9.95. The van der Waals surface area contributed by atoms with E-state index in [9.17, 15) is 0 Å². The molecule has 0 aliphatic carbocycles. The summed E-state index contributed by atoms with van der Waals surface area (Å²) in [4.78, 5) is 0. The van der Waals surface area contributed by atoms with Crippen molar-refractivity contribution >= 4 is 0 Å². The molecule has 1 nitrogen and oxygen atoms in total. The van der Waals surface area contributed by atoms with Gasteiger partial charge in [0.15, 0.2) is 0 Å². The van der Waals surface area contributed by atoms with E-state index in [-0.39, 0.29) is 0 Å². The third-order valence-corrected chi connectivity index (χ3v) is 2.94. The van der Waals surface area contributed by atoms with Crippen molar-refractivity contribution in [3.05, 3.63) is 0 Å². The predicted molar refractivity (Wildman–Crippen MR) is 61.0 cm³/mol. The molecular formula is C12H27N. The summed E-state index contributed by atoms with van der Waals surface area (Å²) in [6.45, 7) is 12.6. The molecular weight excluding hydrogens is 158 g/mol. The van der Waals surface area contributed by atoms with Gasteiger partial charge in [-0.3, -0.25) is 0 Å². The van der Waals surface area contributed by atoms with Gasteiger partial charge in [-0.25, -0.2) is 0 Å². The molecule has 1 N–H and O–H groups in total.